The lowest BCUT2D eigenvalue weighted by Crippen LogP contribution is -2.19. The van der Waals surface area contributed by atoms with Crippen molar-refractivity contribution in [3.63, 3.8) is 0 Å². The van der Waals surface area contributed by atoms with Gasteiger partial charge in [-0.3, -0.25) is 0 Å². The normalized spacial score (nSPS) is 10.1. The first-order valence-corrected chi connectivity index (χ1v) is 5.21. The molecule has 0 radical (unpaired) electrons. The topological polar surface area (TPSA) is 61.9 Å². The van der Waals surface area contributed by atoms with Crippen molar-refractivity contribution in [2.75, 3.05) is 24.3 Å². The first-order valence-electron chi connectivity index (χ1n) is 5.21. The molecule has 0 atom stereocenters. The number of hydrogen-bond acceptors (Lipinski definition) is 5. The summed E-state index contributed by atoms with van der Waals surface area (Å²) in [5.41, 5.74) is 7.91. The number of hydrogen-bond donors (Lipinski definition) is 3. The van der Waals surface area contributed by atoms with Gasteiger partial charge in [0.05, 0.1) is 0 Å². The Hall–Kier alpha value is -1.36. The first kappa shape index (κ1) is 11.7. The molecule has 0 amide bonds. The van der Waals surface area contributed by atoms with Gasteiger partial charge in [-0.1, -0.05) is 6.92 Å². The number of aromatic nitrogens is 2. The molecule has 0 aliphatic heterocycles. The van der Waals surface area contributed by atoms with E-state index in [1.807, 2.05) is 20.9 Å². The maximum Gasteiger partial charge on any atom is 0.224 e. The Morgan fingerprint density at radius 3 is 2.53 bits per heavy atom. The molecular formula is C10H19N5. The summed E-state index contributed by atoms with van der Waals surface area (Å²) in [5.74, 6) is 1.50. The lowest BCUT2D eigenvalue weighted by atomic mass is 10.2. The van der Waals surface area contributed by atoms with Crippen molar-refractivity contribution in [2.24, 2.45) is 0 Å². The minimum atomic E-state index is 0.678. The largest absolute Gasteiger partial charge is 0.354 e. The molecule has 1 rings (SSSR count). The molecule has 5 nitrogen and oxygen atoms in total. The zero-order valence-electron chi connectivity index (χ0n) is 9.81. The average Bonchev–Trinajstić information content (AvgIpc) is 2.22. The van der Waals surface area contributed by atoms with Gasteiger partial charge in [-0.25, -0.2) is 10.4 Å². The minimum absolute atomic E-state index is 0.678. The van der Waals surface area contributed by atoms with Gasteiger partial charge < -0.3 is 10.7 Å². The van der Waals surface area contributed by atoms with E-state index in [2.05, 4.69) is 33.1 Å². The third-order valence-corrected chi connectivity index (χ3v) is 2.17. The summed E-state index contributed by atoms with van der Waals surface area (Å²) >= 11 is 0. The van der Waals surface area contributed by atoms with Crippen LogP contribution >= 0.6 is 0 Å². The Balaban J connectivity index is 2.90. The standard InChI is InChI=1S/C10H19N5/c1-5-6-12-10-13-8(3)7(2)9(14-10)15-11-4/h11H,5-6H2,1-4H3,(H2,12,13,14,15). The summed E-state index contributed by atoms with van der Waals surface area (Å²) in [4.78, 5) is 8.73. The van der Waals surface area contributed by atoms with Crippen molar-refractivity contribution >= 4 is 11.8 Å². The van der Waals surface area contributed by atoms with Crippen molar-refractivity contribution in [1.29, 1.82) is 0 Å². The molecule has 0 saturated heterocycles. The second kappa shape index (κ2) is 5.50. The van der Waals surface area contributed by atoms with Gasteiger partial charge in [0, 0.05) is 24.8 Å². The van der Waals surface area contributed by atoms with E-state index in [0.29, 0.717) is 5.95 Å². The third-order valence-electron chi connectivity index (χ3n) is 2.17. The van der Waals surface area contributed by atoms with Gasteiger partial charge in [0.15, 0.2) is 0 Å². The van der Waals surface area contributed by atoms with Gasteiger partial charge in [0.1, 0.15) is 5.82 Å². The summed E-state index contributed by atoms with van der Waals surface area (Å²) in [5, 5.41) is 3.17. The summed E-state index contributed by atoms with van der Waals surface area (Å²) in [6.07, 6.45) is 1.06. The summed E-state index contributed by atoms with van der Waals surface area (Å²) in [7, 11) is 1.82. The zero-order valence-corrected chi connectivity index (χ0v) is 9.81. The van der Waals surface area contributed by atoms with E-state index in [4.69, 9.17) is 0 Å². The minimum Gasteiger partial charge on any atom is -0.354 e. The van der Waals surface area contributed by atoms with Crippen LogP contribution in [0.1, 0.15) is 24.6 Å². The van der Waals surface area contributed by atoms with Crippen LogP contribution in [0.5, 0.6) is 0 Å². The first-order chi connectivity index (χ1) is 7.19. The Morgan fingerprint density at radius 1 is 1.20 bits per heavy atom. The van der Waals surface area contributed by atoms with E-state index < -0.39 is 0 Å². The maximum atomic E-state index is 4.36. The Kier molecular flexibility index (Phi) is 4.30. The van der Waals surface area contributed by atoms with E-state index in [1.54, 1.807) is 0 Å². The average molecular weight is 209 g/mol. The SMILES string of the molecule is CCCNc1nc(C)c(C)c(NNC)n1. The fourth-order valence-corrected chi connectivity index (χ4v) is 1.18. The smallest absolute Gasteiger partial charge is 0.224 e. The second-order valence-electron chi connectivity index (χ2n) is 3.41. The Labute approximate surface area is 90.7 Å². The molecule has 1 aromatic heterocycles. The molecule has 5 heteroatoms. The molecule has 0 saturated carbocycles. The van der Waals surface area contributed by atoms with Crippen LogP contribution in [0.15, 0.2) is 0 Å². The molecule has 0 bridgehead atoms. The van der Waals surface area contributed by atoms with Crippen molar-refractivity contribution < 1.29 is 0 Å². The van der Waals surface area contributed by atoms with Crippen LogP contribution in [-0.4, -0.2) is 23.6 Å². The lowest BCUT2D eigenvalue weighted by molar-refractivity contribution is 0.917. The molecule has 3 N–H and O–H groups in total. The molecule has 1 heterocycles. The molecule has 0 aliphatic rings. The molecule has 84 valence electrons. The van der Waals surface area contributed by atoms with Crippen molar-refractivity contribution in [2.45, 2.75) is 27.2 Å². The molecule has 0 unspecified atom stereocenters. The van der Waals surface area contributed by atoms with E-state index in [0.717, 1.165) is 30.0 Å². The fraction of sp³-hybridized carbons (Fsp3) is 0.600. The zero-order chi connectivity index (χ0) is 11.3. The van der Waals surface area contributed by atoms with Crippen LogP contribution in [-0.2, 0) is 0 Å². The van der Waals surface area contributed by atoms with Crippen molar-refractivity contribution in [3.05, 3.63) is 11.3 Å². The lowest BCUT2D eigenvalue weighted by Gasteiger charge is -2.11. The molecular weight excluding hydrogens is 190 g/mol. The summed E-state index contributed by atoms with van der Waals surface area (Å²) in [6.45, 7) is 6.98. The van der Waals surface area contributed by atoms with E-state index in [-0.39, 0.29) is 0 Å². The van der Waals surface area contributed by atoms with Crippen molar-refractivity contribution in [1.82, 2.24) is 15.4 Å². The second-order valence-corrected chi connectivity index (χ2v) is 3.41. The van der Waals surface area contributed by atoms with Crippen LogP contribution in [0.25, 0.3) is 0 Å². The Morgan fingerprint density at radius 2 is 1.93 bits per heavy atom. The third kappa shape index (κ3) is 3.06. The highest BCUT2D eigenvalue weighted by atomic mass is 15.4. The number of aryl methyl sites for hydroxylation is 1. The van der Waals surface area contributed by atoms with Gasteiger partial charge in [0.2, 0.25) is 5.95 Å². The predicted molar refractivity (Wildman–Crippen MR) is 63.0 cm³/mol. The highest BCUT2D eigenvalue weighted by molar-refractivity contribution is 5.48. The molecule has 0 aliphatic carbocycles. The summed E-state index contributed by atoms with van der Waals surface area (Å²) in [6, 6.07) is 0. The van der Waals surface area contributed by atoms with Gasteiger partial charge in [-0.05, 0) is 20.3 Å². The van der Waals surface area contributed by atoms with Gasteiger partial charge in [-0.2, -0.15) is 4.98 Å². The fourth-order valence-electron chi connectivity index (χ4n) is 1.18. The van der Waals surface area contributed by atoms with Crippen LogP contribution in [0.4, 0.5) is 11.8 Å². The van der Waals surface area contributed by atoms with Crippen LogP contribution < -0.4 is 16.2 Å². The number of hydrazine groups is 1. The van der Waals surface area contributed by atoms with E-state index >= 15 is 0 Å². The highest BCUT2D eigenvalue weighted by Crippen LogP contribution is 2.15. The summed E-state index contributed by atoms with van der Waals surface area (Å²) < 4.78 is 0. The van der Waals surface area contributed by atoms with Gasteiger partial charge in [0.25, 0.3) is 0 Å². The van der Waals surface area contributed by atoms with Crippen molar-refractivity contribution in [3.8, 4) is 0 Å². The van der Waals surface area contributed by atoms with E-state index in [1.165, 1.54) is 0 Å². The van der Waals surface area contributed by atoms with Crippen LogP contribution in [0.2, 0.25) is 0 Å². The number of nitrogens with one attached hydrogen (secondary N) is 3. The molecule has 0 spiro atoms. The number of nitrogens with zero attached hydrogens (tertiary/aromatic N) is 2. The number of rotatable bonds is 5. The molecule has 1 aromatic rings. The van der Waals surface area contributed by atoms with Crippen LogP contribution in [0, 0.1) is 13.8 Å². The molecule has 0 aromatic carbocycles. The number of anilines is 2. The monoisotopic (exact) mass is 209 g/mol. The molecule has 15 heavy (non-hydrogen) atoms. The van der Waals surface area contributed by atoms with Gasteiger partial charge in [-0.15, -0.1) is 0 Å². The predicted octanol–water partition coefficient (Wildman–Crippen LogP) is 1.46. The van der Waals surface area contributed by atoms with E-state index in [9.17, 15) is 0 Å². The maximum absolute atomic E-state index is 4.36. The van der Waals surface area contributed by atoms with Crippen LogP contribution in [0.3, 0.4) is 0 Å². The quantitative estimate of drug-likeness (QED) is 0.641. The Bertz CT molecular complexity index is 324. The highest BCUT2D eigenvalue weighted by Gasteiger charge is 2.06. The van der Waals surface area contributed by atoms with Gasteiger partial charge >= 0.3 is 0 Å². The molecule has 0 fully saturated rings.